The zero-order chi connectivity index (χ0) is 10.3. The molecule has 2 rings (SSSR count). The standard InChI is InChI=1S/C11H15NO2/c1-7-3-8-4-9(13)5-11(14)10(8)6-12(7)2/h4-5,7,13-14H,3,6H2,1-2H3/t7-/m1/s1. The molecule has 0 saturated heterocycles. The molecule has 1 aliphatic rings. The molecule has 0 unspecified atom stereocenters. The molecule has 1 aromatic rings. The molecule has 0 saturated carbocycles. The van der Waals surface area contributed by atoms with E-state index in [1.807, 2.05) is 7.05 Å². The molecule has 0 spiro atoms. The van der Waals surface area contributed by atoms with E-state index in [1.165, 1.54) is 6.07 Å². The summed E-state index contributed by atoms with van der Waals surface area (Å²) in [5.41, 5.74) is 2.01. The summed E-state index contributed by atoms with van der Waals surface area (Å²) in [4.78, 5) is 2.19. The topological polar surface area (TPSA) is 43.7 Å². The molecular formula is C11H15NO2. The number of phenols is 2. The van der Waals surface area contributed by atoms with Crippen LogP contribution < -0.4 is 0 Å². The minimum Gasteiger partial charge on any atom is -0.508 e. The maximum absolute atomic E-state index is 9.65. The lowest BCUT2D eigenvalue weighted by atomic mass is 9.94. The number of hydrogen-bond acceptors (Lipinski definition) is 3. The van der Waals surface area contributed by atoms with Gasteiger partial charge >= 0.3 is 0 Å². The molecule has 0 aromatic heterocycles. The number of fused-ring (bicyclic) bond motifs is 1. The molecule has 0 amide bonds. The molecule has 1 heterocycles. The van der Waals surface area contributed by atoms with Gasteiger partial charge in [0.05, 0.1) is 0 Å². The van der Waals surface area contributed by atoms with Crippen molar-refractivity contribution in [1.29, 1.82) is 0 Å². The Kier molecular flexibility index (Phi) is 2.11. The van der Waals surface area contributed by atoms with Crippen LogP contribution in [0.5, 0.6) is 11.5 Å². The molecule has 3 heteroatoms. The van der Waals surface area contributed by atoms with E-state index in [0.717, 1.165) is 24.1 Å². The van der Waals surface area contributed by atoms with Crippen LogP contribution in [0.4, 0.5) is 0 Å². The third kappa shape index (κ3) is 1.44. The lowest BCUT2D eigenvalue weighted by Crippen LogP contribution is -2.34. The first-order chi connectivity index (χ1) is 6.58. The fourth-order valence-corrected chi connectivity index (χ4v) is 1.94. The van der Waals surface area contributed by atoms with Gasteiger partial charge in [-0.1, -0.05) is 0 Å². The lowest BCUT2D eigenvalue weighted by molar-refractivity contribution is 0.226. The van der Waals surface area contributed by atoms with E-state index in [9.17, 15) is 10.2 Å². The highest BCUT2D eigenvalue weighted by Crippen LogP contribution is 2.32. The van der Waals surface area contributed by atoms with Gasteiger partial charge in [0.15, 0.2) is 0 Å². The van der Waals surface area contributed by atoms with E-state index in [1.54, 1.807) is 6.07 Å². The van der Waals surface area contributed by atoms with Crippen LogP contribution >= 0.6 is 0 Å². The normalized spacial score (nSPS) is 22.0. The quantitative estimate of drug-likeness (QED) is 0.655. The van der Waals surface area contributed by atoms with Crippen molar-refractivity contribution < 1.29 is 10.2 Å². The lowest BCUT2D eigenvalue weighted by Gasteiger charge is -2.31. The average molecular weight is 193 g/mol. The van der Waals surface area contributed by atoms with Gasteiger partial charge in [0, 0.05) is 24.2 Å². The van der Waals surface area contributed by atoms with E-state index in [-0.39, 0.29) is 11.5 Å². The van der Waals surface area contributed by atoms with Gasteiger partial charge in [-0.2, -0.15) is 0 Å². The van der Waals surface area contributed by atoms with Gasteiger partial charge in [0.1, 0.15) is 11.5 Å². The van der Waals surface area contributed by atoms with Crippen LogP contribution in [-0.2, 0) is 13.0 Å². The zero-order valence-corrected chi connectivity index (χ0v) is 8.49. The van der Waals surface area contributed by atoms with Gasteiger partial charge in [-0.25, -0.2) is 0 Å². The van der Waals surface area contributed by atoms with Crippen LogP contribution in [0, 0.1) is 0 Å². The Morgan fingerprint density at radius 1 is 1.36 bits per heavy atom. The first-order valence-corrected chi connectivity index (χ1v) is 4.82. The Hall–Kier alpha value is -1.22. The fraction of sp³-hybridized carbons (Fsp3) is 0.455. The molecule has 14 heavy (non-hydrogen) atoms. The van der Waals surface area contributed by atoms with Gasteiger partial charge in [0.25, 0.3) is 0 Å². The van der Waals surface area contributed by atoms with Crippen LogP contribution in [0.15, 0.2) is 12.1 Å². The molecule has 0 aliphatic carbocycles. The number of likely N-dealkylation sites (N-methyl/N-ethyl adjacent to an activating group) is 1. The van der Waals surface area contributed by atoms with E-state index >= 15 is 0 Å². The van der Waals surface area contributed by atoms with Crippen molar-refractivity contribution in [3.05, 3.63) is 23.3 Å². The number of hydrogen-bond donors (Lipinski definition) is 2. The molecule has 0 bridgehead atoms. The Morgan fingerprint density at radius 2 is 2.07 bits per heavy atom. The van der Waals surface area contributed by atoms with Crippen LogP contribution in [0.3, 0.4) is 0 Å². The highest BCUT2D eigenvalue weighted by Gasteiger charge is 2.22. The summed E-state index contributed by atoms with van der Waals surface area (Å²) < 4.78 is 0. The van der Waals surface area contributed by atoms with E-state index in [0.29, 0.717) is 6.04 Å². The van der Waals surface area contributed by atoms with Crippen molar-refractivity contribution in [3.8, 4) is 11.5 Å². The summed E-state index contributed by atoms with van der Waals surface area (Å²) in [6, 6.07) is 3.62. The Balaban J connectivity index is 2.46. The van der Waals surface area contributed by atoms with Crippen molar-refractivity contribution in [2.24, 2.45) is 0 Å². The van der Waals surface area contributed by atoms with Crippen molar-refractivity contribution >= 4 is 0 Å². The molecule has 1 aliphatic heterocycles. The molecule has 0 fully saturated rings. The SMILES string of the molecule is C[C@@H]1Cc2cc(O)cc(O)c2CN1C. The van der Waals surface area contributed by atoms with Gasteiger partial charge in [-0.05, 0) is 32.0 Å². The van der Waals surface area contributed by atoms with Gasteiger partial charge < -0.3 is 10.2 Å². The minimum atomic E-state index is 0.151. The van der Waals surface area contributed by atoms with Crippen molar-refractivity contribution in [3.63, 3.8) is 0 Å². The van der Waals surface area contributed by atoms with Crippen LogP contribution in [0.25, 0.3) is 0 Å². The highest BCUT2D eigenvalue weighted by molar-refractivity contribution is 5.46. The summed E-state index contributed by atoms with van der Waals surface area (Å²) in [5, 5.41) is 19.0. The van der Waals surface area contributed by atoms with Gasteiger partial charge in [-0.3, -0.25) is 4.90 Å². The van der Waals surface area contributed by atoms with E-state index in [4.69, 9.17) is 0 Å². The minimum absolute atomic E-state index is 0.151. The number of nitrogens with zero attached hydrogens (tertiary/aromatic N) is 1. The first kappa shape index (κ1) is 9.34. The first-order valence-electron chi connectivity index (χ1n) is 4.82. The number of benzene rings is 1. The van der Waals surface area contributed by atoms with Crippen molar-refractivity contribution in [2.45, 2.75) is 25.9 Å². The second-order valence-corrected chi connectivity index (χ2v) is 4.07. The smallest absolute Gasteiger partial charge is 0.124 e. The summed E-state index contributed by atoms with van der Waals surface area (Å²) >= 11 is 0. The third-order valence-corrected chi connectivity index (χ3v) is 2.98. The highest BCUT2D eigenvalue weighted by atomic mass is 16.3. The molecule has 76 valence electrons. The van der Waals surface area contributed by atoms with Crippen LogP contribution in [0.1, 0.15) is 18.1 Å². The molecule has 1 aromatic carbocycles. The Labute approximate surface area is 83.6 Å². The summed E-state index contributed by atoms with van der Waals surface area (Å²) in [5.74, 6) is 0.358. The fourth-order valence-electron chi connectivity index (χ4n) is 1.94. The number of phenolic OH excluding ortho intramolecular Hbond substituents is 2. The summed E-state index contributed by atoms with van der Waals surface area (Å²) in [7, 11) is 2.04. The maximum Gasteiger partial charge on any atom is 0.124 e. The van der Waals surface area contributed by atoms with Gasteiger partial charge in [-0.15, -0.1) is 0 Å². The third-order valence-electron chi connectivity index (χ3n) is 2.98. The second kappa shape index (κ2) is 3.17. The molecule has 0 radical (unpaired) electrons. The van der Waals surface area contributed by atoms with E-state index in [2.05, 4.69) is 11.8 Å². The van der Waals surface area contributed by atoms with Crippen LogP contribution in [-0.4, -0.2) is 28.2 Å². The maximum atomic E-state index is 9.65. The zero-order valence-electron chi connectivity index (χ0n) is 8.49. The largest absolute Gasteiger partial charge is 0.508 e. The summed E-state index contributed by atoms with van der Waals surface area (Å²) in [6.07, 6.45) is 0.883. The number of aromatic hydroxyl groups is 2. The molecule has 3 nitrogen and oxygen atoms in total. The molecular weight excluding hydrogens is 178 g/mol. The van der Waals surface area contributed by atoms with Gasteiger partial charge in [0.2, 0.25) is 0 Å². The monoisotopic (exact) mass is 193 g/mol. The average Bonchev–Trinajstić information content (AvgIpc) is 2.08. The molecule has 2 N–H and O–H groups in total. The molecule has 1 atom stereocenters. The Morgan fingerprint density at radius 3 is 2.79 bits per heavy atom. The van der Waals surface area contributed by atoms with E-state index < -0.39 is 0 Å². The summed E-state index contributed by atoms with van der Waals surface area (Å²) in [6.45, 7) is 2.90. The predicted octanol–water partition coefficient (Wildman–Crippen LogP) is 1.47. The predicted molar refractivity (Wildman–Crippen MR) is 54.4 cm³/mol. The van der Waals surface area contributed by atoms with Crippen molar-refractivity contribution in [2.75, 3.05) is 7.05 Å². The van der Waals surface area contributed by atoms with Crippen molar-refractivity contribution in [1.82, 2.24) is 4.90 Å². The Bertz CT molecular complexity index is 363. The number of rotatable bonds is 0. The second-order valence-electron chi connectivity index (χ2n) is 4.07. The van der Waals surface area contributed by atoms with Crippen LogP contribution in [0.2, 0.25) is 0 Å².